The largest absolute Gasteiger partial charge is 2.00 e. The van der Waals surface area contributed by atoms with Crippen molar-refractivity contribution in [1.29, 1.82) is 0 Å². The average Bonchev–Trinajstić information content (AvgIpc) is 3.57. The number of carbonyl (C=O) groups is 4. The maximum Gasteiger partial charge on any atom is 2.00 e. The number of nitrogens with two attached hydrogens (primary N) is 2. The van der Waals surface area contributed by atoms with Crippen molar-refractivity contribution in [2.45, 2.75) is 23.7 Å². The molecule has 0 bridgehead atoms. The first-order valence-corrected chi connectivity index (χ1v) is 18.6. The molecule has 0 saturated heterocycles. The minimum atomic E-state index is -4.13. The third-order valence-corrected chi connectivity index (χ3v) is 9.77. The van der Waals surface area contributed by atoms with E-state index in [4.69, 9.17) is 29.3 Å². The summed E-state index contributed by atoms with van der Waals surface area (Å²) in [5.41, 5.74) is 12.6. The molecule has 2 unspecified atom stereocenters. The molecule has 4 aromatic rings. The maximum atomic E-state index is 12.5. The Balaban J connectivity index is 0.000000240. The number of carbonyl (C=O) groups excluding carboxylic acids is 4. The zero-order valence-electron chi connectivity index (χ0n) is 28.4. The Hall–Kier alpha value is -5.40. The summed E-state index contributed by atoms with van der Waals surface area (Å²) in [5.74, 6) is -7.26. The van der Waals surface area contributed by atoms with Crippen LogP contribution in [0.25, 0.3) is 0 Å². The van der Waals surface area contributed by atoms with Gasteiger partial charge >= 0.3 is 58.0 Å². The molecular weight excluding hydrogens is 789 g/mol. The Morgan fingerprint density at radius 1 is 0.564 bits per heavy atom. The van der Waals surface area contributed by atoms with Gasteiger partial charge in [0.2, 0.25) is 34.9 Å². The standard InChI is InChI=1S/2C18H15NO7S.Ca/c2*19-17-16(26-27(23,24)10-11-4-2-1-3-5-11)14(20)15(25-17)12-6-8-13(9-7-12)18(21)22;/h2*1-9,15H,10,19H2,(H,21,22);/q;;+2/p-2. The van der Waals surface area contributed by atoms with Crippen molar-refractivity contribution in [1.82, 2.24) is 0 Å². The van der Waals surface area contributed by atoms with E-state index >= 15 is 0 Å². The molecule has 0 saturated carbocycles. The van der Waals surface area contributed by atoms with Crippen LogP contribution in [0.15, 0.2) is 132 Å². The molecule has 0 spiro atoms. The molecule has 19 heteroatoms. The zero-order valence-corrected chi connectivity index (χ0v) is 32.2. The molecule has 4 N–H and O–H groups in total. The maximum absolute atomic E-state index is 12.5. The van der Waals surface area contributed by atoms with Crippen LogP contribution in [-0.4, -0.2) is 78.1 Å². The Morgan fingerprint density at radius 3 is 1.16 bits per heavy atom. The van der Waals surface area contributed by atoms with Gasteiger partial charge in [0.05, 0.1) is 11.9 Å². The molecular formula is C36H28CaN2O14S2. The number of Topliss-reactive ketones (excluding diaryl/α,β-unsaturated/α-hetero) is 2. The van der Waals surface area contributed by atoms with Crippen molar-refractivity contribution in [3.05, 3.63) is 166 Å². The van der Waals surface area contributed by atoms with E-state index in [1.54, 1.807) is 60.7 Å². The van der Waals surface area contributed by atoms with E-state index in [0.717, 1.165) is 0 Å². The zero-order chi connectivity index (χ0) is 39.2. The molecule has 280 valence electrons. The van der Waals surface area contributed by atoms with Crippen molar-refractivity contribution in [3.8, 4) is 0 Å². The minimum Gasteiger partial charge on any atom is -0.545 e. The molecule has 0 radical (unpaired) electrons. The number of hydrogen-bond donors (Lipinski definition) is 2. The molecule has 2 aliphatic rings. The summed E-state index contributed by atoms with van der Waals surface area (Å²) in [6.45, 7) is 0. The van der Waals surface area contributed by atoms with Crippen LogP contribution in [0.1, 0.15) is 55.2 Å². The van der Waals surface area contributed by atoms with Crippen molar-refractivity contribution in [2.24, 2.45) is 11.5 Å². The van der Waals surface area contributed by atoms with Crippen LogP contribution in [0.4, 0.5) is 0 Å². The third kappa shape index (κ3) is 10.9. The summed E-state index contributed by atoms with van der Waals surface area (Å²) in [6, 6.07) is 26.9. The first-order valence-electron chi connectivity index (χ1n) is 15.5. The van der Waals surface area contributed by atoms with Gasteiger partial charge in [-0.2, -0.15) is 16.8 Å². The summed E-state index contributed by atoms with van der Waals surface area (Å²) in [5, 5.41) is 21.6. The van der Waals surface area contributed by atoms with Crippen LogP contribution in [0, 0.1) is 0 Å². The summed E-state index contributed by atoms with van der Waals surface area (Å²) in [7, 11) is -8.26. The molecule has 4 aromatic carbocycles. The van der Waals surface area contributed by atoms with Crippen molar-refractivity contribution in [2.75, 3.05) is 0 Å². The first-order chi connectivity index (χ1) is 25.5. The van der Waals surface area contributed by atoms with Gasteiger partial charge in [-0.25, -0.2) is 0 Å². The van der Waals surface area contributed by atoms with Gasteiger partial charge < -0.3 is 49.1 Å². The molecule has 0 aliphatic carbocycles. The monoisotopic (exact) mass is 816 g/mol. The second-order valence-electron chi connectivity index (χ2n) is 11.5. The second kappa shape index (κ2) is 17.8. The average molecular weight is 817 g/mol. The SMILES string of the molecule is NC1=C(OS(=O)(=O)Cc2ccccc2)C(=O)C(c2ccc(C(=O)[O-])cc2)O1.NC1=C(OS(=O)(=O)Cc2ccccc2)C(=O)C(c2ccc(C(=O)[O-])cc2)O1.[Ca+2]. The van der Waals surface area contributed by atoms with Crippen LogP contribution in [-0.2, 0) is 59.2 Å². The van der Waals surface area contributed by atoms with E-state index in [9.17, 15) is 46.2 Å². The Bertz CT molecular complexity index is 2200. The summed E-state index contributed by atoms with van der Waals surface area (Å²) >= 11 is 0. The number of carboxylic acid groups (broad SMARTS) is 2. The van der Waals surface area contributed by atoms with Crippen LogP contribution >= 0.6 is 0 Å². The van der Waals surface area contributed by atoms with Crippen LogP contribution < -0.4 is 21.7 Å². The van der Waals surface area contributed by atoms with Gasteiger partial charge in [-0.05, 0) is 22.3 Å². The second-order valence-corrected chi connectivity index (χ2v) is 14.6. The molecule has 2 atom stereocenters. The Kier molecular flexibility index (Phi) is 13.7. The van der Waals surface area contributed by atoms with Gasteiger partial charge in [0.15, 0.2) is 12.2 Å². The third-order valence-electron chi connectivity index (χ3n) is 7.55. The molecule has 0 aromatic heterocycles. The van der Waals surface area contributed by atoms with Gasteiger partial charge in [0, 0.05) is 11.1 Å². The predicted molar refractivity (Wildman–Crippen MR) is 188 cm³/mol. The topological polar surface area (TPSA) is 272 Å². The number of aromatic carboxylic acids is 2. The van der Waals surface area contributed by atoms with E-state index in [1.807, 2.05) is 0 Å². The number of rotatable bonds is 12. The quantitative estimate of drug-likeness (QED) is 0.144. The normalized spacial score (nSPS) is 16.6. The minimum absolute atomic E-state index is 0. The van der Waals surface area contributed by atoms with Gasteiger partial charge in [0.1, 0.15) is 11.5 Å². The van der Waals surface area contributed by atoms with Gasteiger partial charge in [0.25, 0.3) is 0 Å². The van der Waals surface area contributed by atoms with Gasteiger partial charge in [-0.15, -0.1) is 0 Å². The predicted octanol–water partition coefficient (Wildman–Crippen LogP) is 0.349. The molecule has 2 aliphatic heterocycles. The molecule has 16 nitrogen and oxygen atoms in total. The number of hydrogen-bond acceptors (Lipinski definition) is 16. The number of benzene rings is 4. The number of ether oxygens (including phenoxy) is 2. The summed E-state index contributed by atoms with van der Waals surface area (Å²) in [4.78, 5) is 46.5. The summed E-state index contributed by atoms with van der Waals surface area (Å²) in [6.07, 6.45) is -2.44. The fraction of sp³-hybridized carbons (Fsp3) is 0.111. The van der Waals surface area contributed by atoms with Crippen molar-refractivity contribution < 1.29 is 64.1 Å². The molecule has 2 heterocycles. The van der Waals surface area contributed by atoms with E-state index in [0.29, 0.717) is 22.3 Å². The Morgan fingerprint density at radius 2 is 0.873 bits per heavy atom. The van der Waals surface area contributed by atoms with Crippen LogP contribution in [0.3, 0.4) is 0 Å². The number of carboxylic acids is 2. The molecule has 0 amide bonds. The fourth-order valence-electron chi connectivity index (χ4n) is 5.01. The summed E-state index contributed by atoms with van der Waals surface area (Å²) < 4.78 is 69.1. The van der Waals surface area contributed by atoms with Gasteiger partial charge in [-0.1, -0.05) is 109 Å². The molecule has 0 fully saturated rings. The smallest absolute Gasteiger partial charge is 0.545 e. The van der Waals surface area contributed by atoms with Crippen LogP contribution in [0.5, 0.6) is 0 Å². The van der Waals surface area contributed by atoms with Gasteiger partial charge in [-0.3, -0.25) is 9.59 Å². The van der Waals surface area contributed by atoms with Crippen molar-refractivity contribution in [3.63, 3.8) is 0 Å². The van der Waals surface area contributed by atoms with Crippen LogP contribution in [0.2, 0.25) is 0 Å². The first kappa shape index (κ1) is 42.3. The van der Waals surface area contributed by atoms with Crippen molar-refractivity contribution >= 4 is 81.5 Å². The molecule has 55 heavy (non-hydrogen) atoms. The Labute approximate surface area is 344 Å². The fourth-order valence-corrected chi connectivity index (χ4v) is 7.17. The van der Waals surface area contributed by atoms with E-state index in [2.05, 4.69) is 0 Å². The molecule has 6 rings (SSSR count). The van der Waals surface area contributed by atoms with E-state index in [-0.39, 0.29) is 48.9 Å². The van der Waals surface area contributed by atoms with E-state index in [1.165, 1.54) is 48.5 Å². The number of ketones is 2. The van der Waals surface area contributed by atoms with E-state index < -0.39 is 90.7 Å².